The standard InChI is InChI=1S/C19H23N5O3S/c1-11-8-13(3)24-18(20-11)21-19(22-24)28-10-16(25)15-9-12(2)23(14(15)4)7-6-17(26)27-5/h8-9H,6-7,10H2,1-5H3. The monoisotopic (exact) mass is 401 g/mol. The number of Topliss-reactive ketones (excluding diaryl/α,β-unsaturated/α-hetero) is 1. The first-order valence-electron chi connectivity index (χ1n) is 8.90. The largest absolute Gasteiger partial charge is 0.469 e. The Hall–Kier alpha value is -2.68. The van der Waals surface area contributed by atoms with E-state index in [4.69, 9.17) is 4.74 Å². The molecule has 28 heavy (non-hydrogen) atoms. The highest BCUT2D eigenvalue weighted by atomic mass is 32.2. The Kier molecular flexibility index (Phi) is 5.83. The second-order valence-corrected chi connectivity index (χ2v) is 7.56. The molecule has 0 atom stereocenters. The average Bonchev–Trinajstić information content (AvgIpc) is 3.18. The number of hydrogen-bond acceptors (Lipinski definition) is 7. The first kappa shape index (κ1) is 20.1. The van der Waals surface area contributed by atoms with Gasteiger partial charge in [-0.25, -0.2) is 9.50 Å². The maximum absolute atomic E-state index is 12.7. The number of rotatable bonds is 7. The van der Waals surface area contributed by atoms with Crippen LogP contribution in [-0.2, 0) is 16.1 Å². The van der Waals surface area contributed by atoms with Crippen LogP contribution in [0.4, 0.5) is 0 Å². The summed E-state index contributed by atoms with van der Waals surface area (Å²) in [6.07, 6.45) is 0.270. The minimum Gasteiger partial charge on any atom is -0.469 e. The van der Waals surface area contributed by atoms with E-state index in [9.17, 15) is 9.59 Å². The minimum absolute atomic E-state index is 0.00198. The SMILES string of the molecule is COC(=O)CCn1c(C)cc(C(=O)CSc2nc3nc(C)cc(C)n3n2)c1C. The van der Waals surface area contributed by atoms with Crippen LogP contribution in [0.15, 0.2) is 17.3 Å². The Morgan fingerprint density at radius 2 is 1.86 bits per heavy atom. The molecule has 0 aliphatic rings. The molecular formula is C19H23N5O3S. The van der Waals surface area contributed by atoms with Crippen molar-refractivity contribution in [1.29, 1.82) is 0 Å². The molecule has 0 aliphatic heterocycles. The molecule has 0 bridgehead atoms. The van der Waals surface area contributed by atoms with E-state index in [0.29, 0.717) is 23.0 Å². The summed E-state index contributed by atoms with van der Waals surface area (Å²) in [7, 11) is 1.37. The van der Waals surface area contributed by atoms with Crippen LogP contribution in [0.25, 0.3) is 5.78 Å². The van der Waals surface area contributed by atoms with E-state index in [-0.39, 0.29) is 23.9 Å². The molecule has 3 rings (SSSR count). The highest BCUT2D eigenvalue weighted by Crippen LogP contribution is 2.21. The van der Waals surface area contributed by atoms with Crippen molar-refractivity contribution in [3.8, 4) is 0 Å². The summed E-state index contributed by atoms with van der Waals surface area (Å²) in [6.45, 7) is 8.16. The number of methoxy groups -OCH3 is 1. The predicted octanol–water partition coefficient (Wildman–Crippen LogP) is 2.70. The number of ketones is 1. The molecule has 0 amide bonds. The molecule has 3 aromatic heterocycles. The van der Waals surface area contributed by atoms with Crippen LogP contribution in [-0.4, -0.2) is 48.8 Å². The van der Waals surface area contributed by atoms with E-state index in [1.54, 1.807) is 4.52 Å². The summed E-state index contributed by atoms with van der Waals surface area (Å²) in [4.78, 5) is 32.9. The van der Waals surface area contributed by atoms with Crippen molar-refractivity contribution >= 4 is 29.3 Å². The Balaban J connectivity index is 1.71. The Morgan fingerprint density at radius 1 is 1.11 bits per heavy atom. The first-order valence-corrected chi connectivity index (χ1v) is 9.89. The Bertz CT molecular complexity index is 1050. The quantitative estimate of drug-likeness (QED) is 0.341. The van der Waals surface area contributed by atoms with Gasteiger partial charge in [0.15, 0.2) is 5.78 Å². The molecule has 3 aromatic rings. The molecule has 0 saturated carbocycles. The Labute approximate surface area is 167 Å². The number of esters is 1. The second-order valence-electron chi connectivity index (χ2n) is 6.62. The van der Waals surface area contributed by atoms with E-state index in [1.165, 1.54) is 18.9 Å². The lowest BCUT2D eigenvalue weighted by Crippen LogP contribution is -2.10. The number of aryl methyl sites for hydroxylation is 3. The lowest BCUT2D eigenvalue weighted by molar-refractivity contribution is -0.140. The van der Waals surface area contributed by atoms with Crippen molar-refractivity contribution in [2.24, 2.45) is 0 Å². The molecule has 0 unspecified atom stereocenters. The predicted molar refractivity (Wildman–Crippen MR) is 106 cm³/mol. The molecule has 0 spiro atoms. The smallest absolute Gasteiger partial charge is 0.307 e. The van der Waals surface area contributed by atoms with E-state index >= 15 is 0 Å². The van der Waals surface area contributed by atoms with Crippen LogP contribution in [0, 0.1) is 27.7 Å². The van der Waals surface area contributed by atoms with Gasteiger partial charge in [0, 0.05) is 34.9 Å². The number of thioether (sulfide) groups is 1. The molecule has 0 fully saturated rings. The summed E-state index contributed by atoms with van der Waals surface area (Å²) < 4.78 is 8.34. The van der Waals surface area contributed by atoms with Crippen molar-refractivity contribution in [2.45, 2.75) is 45.8 Å². The third-order valence-electron chi connectivity index (χ3n) is 4.57. The number of nitrogens with zero attached hydrogens (tertiary/aromatic N) is 5. The number of fused-ring (bicyclic) bond motifs is 1. The van der Waals surface area contributed by atoms with Gasteiger partial charge in [-0.3, -0.25) is 9.59 Å². The van der Waals surface area contributed by atoms with Crippen LogP contribution in [0.5, 0.6) is 0 Å². The van der Waals surface area contributed by atoms with Crippen molar-refractivity contribution in [3.05, 3.63) is 40.5 Å². The maximum atomic E-state index is 12.7. The zero-order valence-corrected chi connectivity index (χ0v) is 17.5. The van der Waals surface area contributed by atoms with Crippen molar-refractivity contribution in [3.63, 3.8) is 0 Å². The van der Waals surface area contributed by atoms with Crippen LogP contribution in [0.1, 0.15) is 39.6 Å². The number of aromatic nitrogens is 5. The fraction of sp³-hybridized carbons (Fsp3) is 0.421. The van der Waals surface area contributed by atoms with Gasteiger partial charge < -0.3 is 9.30 Å². The summed E-state index contributed by atoms with van der Waals surface area (Å²) in [5.74, 6) is 0.500. The van der Waals surface area contributed by atoms with Crippen LogP contribution < -0.4 is 0 Å². The minimum atomic E-state index is -0.270. The molecule has 0 radical (unpaired) electrons. The molecule has 0 aliphatic carbocycles. The summed E-state index contributed by atoms with van der Waals surface area (Å²) >= 11 is 1.29. The van der Waals surface area contributed by atoms with Gasteiger partial charge >= 0.3 is 5.97 Å². The summed E-state index contributed by atoms with van der Waals surface area (Å²) in [5, 5.41) is 4.94. The van der Waals surface area contributed by atoms with Gasteiger partial charge in [0.2, 0.25) is 5.16 Å². The van der Waals surface area contributed by atoms with Gasteiger partial charge in [0.05, 0.1) is 19.3 Å². The third-order valence-corrected chi connectivity index (χ3v) is 5.41. The van der Waals surface area contributed by atoms with E-state index < -0.39 is 0 Å². The second kappa shape index (κ2) is 8.14. The fourth-order valence-electron chi connectivity index (χ4n) is 3.15. The van der Waals surface area contributed by atoms with Crippen LogP contribution >= 0.6 is 11.8 Å². The summed E-state index contributed by atoms with van der Waals surface area (Å²) in [5.41, 5.74) is 4.27. The number of carbonyl (C=O) groups excluding carboxylic acids is 2. The molecule has 148 valence electrons. The van der Waals surface area contributed by atoms with Gasteiger partial charge in [-0.2, -0.15) is 4.98 Å². The molecule has 0 saturated heterocycles. The highest BCUT2D eigenvalue weighted by Gasteiger charge is 2.18. The average molecular weight is 401 g/mol. The molecule has 0 aromatic carbocycles. The third kappa shape index (κ3) is 4.09. The lowest BCUT2D eigenvalue weighted by Gasteiger charge is -2.08. The fourth-order valence-corrected chi connectivity index (χ4v) is 3.85. The number of hydrogen-bond donors (Lipinski definition) is 0. The van der Waals surface area contributed by atoms with Gasteiger partial charge in [0.1, 0.15) is 0 Å². The van der Waals surface area contributed by atoms with E-state index in [0.717, 1.165) is 22.8 Å². The molecular weight excluding hydrogens is 378 g/mol. The van der Waals surface area contributed by atoms with Crippen molar-refractivity contribution in [1.82, 2.24) is 24.1 Å². The van der Waals surface area contributed by atoms with Gasteiger partial charge in [-0.15, -0.1) is 5.10 Å². The van der Waals surface area contributed by atoms with Crippen molar-refractivity contribution in [2.75, 3.05) is 12.9 Å². The van der Waals surface area contributed by atoms with Crippen LogP contribution in [0.3, 0.4) is 0 Å². The zero-order valence-electron chi connectivity index (χ0n) is 16.6. The molecule has 9 heteroatoms. The topological polar surface area (TPSA) is 91.4 Å². The van der Waals surface area contributed by atoms with Gasteiger partial charge in [0.25, 0.3) is 5.78 Å². The summed E-state index contributed by atoms with van der Waals surface area (Å²) in [6, 6.07) is 3.80. The normalized spacial score (nSPS) is 11.2. The highest BCUT2D eigenvalue weighted by molar-refractivity contribution is 7.99. The van der Waals surface area contributed by atoms with Crippen molar-refractivity contribution < 1.29 is 14.3 Å². The van der Waals surface area contributed by atoms with Crippen LogP contribution in [0.2, 0.25) is 0 Å². The van der Waals surface area contributed by atoms with Gasteiger partial charge in [-0.05, 0) is 39.8 Å². The zero-order chi connectivity index (χ0) is 20.4. The maximum Gasteiger partial charge on any atom is 0.307 e. The van der Waals surface area contributed by atoms with Gasteiger partial charge in [-0.1, -0.05) is 11.8 Å². The molecule has 8 nitrogen and oxygen atoms in total. The first-order chi connectivity index (χ1) is 13.3. The molecule has 3 heterocycles. The lowest BCUT2D eigenvalue weighted by atomic mass is 10.2. The Morgan fingerprint density at radius 3 is 2.57 bits per heavy atom. The van der Waals surface area contributed by atoms with E-state index in [2.05, 4.69) is 15.1 Å². The number of carbonyl (C=O) groups is 2. The van der Waals surface area contributed by atoms with E-state index in [1.807, 2.05) is 44.4 Å². The number of ether oxygens (including phenoxy) is 1. The molecule has 0 N–H and O–H groups in total.